The predicted octanol–water partition coefficient (Wildman–Crippen LogP) is 4.41. The highest BCUT2D eigenvalue weighted by atomic mass is 14.9. The van der Waals surface area contributed by atoms with Gasteiger partial charge < -0.3 is 5.32 Å². The van der Waals surface area contributed by atoms with Gasteiger partial charge in [0.05, 0.1) is 0 Å². The maximum atomic E-state index is 3.73. The molecule has 1 fully saturated rings. The lowest BCUT2D eigenvalue weighted by molar-refractivity contribution is 0.252. The number of benzene rings is 1. The van der Waals surface area contributed by atoms with Crippen LogP contribution in [0, 0.1) is 11.8 Å². The Morgan fingerprint density at radius 2 is 1.94 bits per heavy atom. The lowest BCUT2D eigenvalue weighted by Crippen LogP contribution is -2.31. The third-order valence-corrected chi connectivity index (χ3v) is 4.96. The average molecular weight is 243 g/mol. The summed E-state index contributed by atoms with van der Waals surface area (Å²) in [7, 11) is 0. The van der Waals surface area contributed by atoms with Gasteiger partial charge in [-0.25, -0.2) is 0 Å². The molecule has 1 aromatic carbocycles. The molecule has 98 valence electrons. The summed E-state index contributed by atoms with van der Waals surface area (Å²) >= 11 is 0. The minimum absolute atomic E-state index is 0.880. The number of fused-ring (bicyclic) bond motifs is 1. The fourth-order valence-electron chi connectivity index (χ4n) is 3.87. The first kappa shape index (κ1) is 12.1. The smallest absolute Gasteiger partial charge is 0.0405 e. The van der Waals surface area contributed by atoms with Crippen molar-refractivity contribution in [1.29, 1.82) is 0 Å². The lowest BCUT2D eigenvalue weighted by Gasteiger charge is -2.35. The number of para-hydroxylation sites is 1. The summed E-state index contributed by atoms with van der Waals surface area (Å²) in [5, 5.41) is 3.73. The summed E-state index contributed by atoms with van der Waals surface area (Å²) in [4.78, 5) is 0. The Kier molecular flexibility index (Phi) is 3.58. The van der Waals surface area contributed by atoms with Crippen LogP contribution < -0.4 is 5.32 Å². The maximum absolute atomic E-state index is 3.73. The second kappa shape index (κ2) is 5.34. The van der Waals surface area contributed by atoms with Crippen LogP contribution in [0.5, 0.6) is 0 Å². The molecule has 1 aliphatic carbocycles. The van der Waals surface area contributed by atoms with E-state index in [0.717, 1.165) is 18.3 Å². The van der Waals surface area contributed by atoms with Gasteiger partial charge in [-0.3, -0.25) is 0 Å². The molecule has 0 radical (unpaired) electrons. The van der Waals surface area contributed by atoms with Crippen LogP contribution >= 0.6 is 0 Å². The van der Waals surface area contributed by atoms with Crippen molar-refractivity contribution in [3.63, 3.8) is 0 Å². The molecule has 1 atom stereocenters. The summed E-state index contributed by atoms with van der Waals surface area (Å²) in [6.45, 7) is 3.46. The topological polar surface area (TPSA) is 12.0 Å². The van der Waals surface area contributed by atoms with Crippen molar-refractivity contribution in [2.45, 2.75) is 51.9 Å². The van der Waals surface area contributed by atoms with E-state index < -0.39 is 0 Å². The highest BCUT2D eigenvalue weighted by molar-refractivity contribution is 5.59. The molecule has 18 heavy (non-hydrogen) atoms. The fraction of sp³-hybridized carbons (Fsp3) is 0.647. The van der Waals surface area contributed by atoms with E-state index in [1.165, 1.54) is 56.3 Å². The molecule has 0 amide bonds. The van der Waals surface area contributed by atoms with Crippen LogP contribution in [0.25, 0.3) is 0 Å². The second-order valence-electron chi connectivity index (χ2n) is 6.05. The molecule has 1 saturated carbocycles. The molecule has 1 nitrogen and oxygen atoms in total. The number of rotatable bonds is 2. The first-order valence-electron chi connectivity index (χ1n) is 7.73. The molecule has 1 unspecified atom stereocenters. The van der Waals surface area contributed by atoms with Crippen LogP contribution in [0.1, 0.15) is 50.2 Å². The highest BCUT2D eigenvalue weighted by Crippen LogP contribution is 2.37. The van der Waals surface area contributed by atoms with Crippen molar-refractivity contribution in [3.05, 3.63) is 29.3 Å². The van der Waals surface area contributed by atoms with Crippen molar-refractivity contribution < 1.29 is 0 Å². The van der Waals surface area contributed by atoms with E-state index in [1.807, 2.05) is 0 Å². The monoisotopic (exact) mass is 243 g/mol. The third-order valence-electron chi connectivity index (χ3n) is 4.96. The predicted molar refractivity (Wildman–Crippen MR) is 78.1 cm³/mol. The van der Waals surface area contributed by atoms with E-state index >= 15 is 0 Å². The van der Waals surface area contributed by atoms with Gasteiger partial charge in [-0.1, -0.05) is 57.2 Å². The molecule has 1 aromatic rings. The van der Waals surface area contributed by atoms with E-state index in [4.69, 9.17) is 0 Å². The first-order chi connectivity index (χ1) is 8.88. The summed E-state index contributed by atoms with van der Waals surface area (Å²) in [5.74, 6) is 1.86. The lowest BCUT2D eigenvalue weighted by atomic mass is 9.75. The Morgan fingerprint density at radius 1 is 1.11 bits per heavy atom. The molecule has 0 saturated heterocycles. The van der Waals surface area contributed by atoms with Crippen LogP contribution in [-0.4, -0.2) is 6.54 Å². The quantitative estimate of drug-likeness (QED) is 0.811. The number of hydrogen-bond donors (Lipinski definition) is 1. The van der Waals surface area contributed by atoms with Gasteiger partial charge in [0.1, 0.15) is 0 Å². The molecule has 1 heteroatoms. The van der Waals surface area contributed by atoms with E-state index in [9.17, 15) is 0 Å². The van der Waals surface area contributed by atoms with Gasteiger partial charge in [0.25, 0.3) is 0 Å². The Hall–Kier alpha value is -0.980. The second-order valence-corrected chi connectivity index (χ2v) is 6.05. The molecule has 0 aromatic heterocycles. The van der Waals surface area contributed by atoms with Gasteiger partial charge in [0.2, 0.25) is 0 Å². The molecule has 0 spiro atoms. The van der Waals surface area contributed by atoms with Crippen molar-refractivity contribution >= 4 is 5.69 Å². The van der Waals surface area contributed by atoms with Crippen molar-refractivity contribution in [2.75, 3.05) is 11.9 Å². The molecule has 1 heterocycles. The van der Waals surface area contributed by atoms with Crippen LogP contribution in [-0.2, 0) is 12.8 Å². The molecular weight excluding hydrogens is 218 g/mol. The number of anilines is 1. The van der Waals surface area contributed by atoms with Crippen molar-refractivity contribution in [1.82, 2.24) is 0 Å². The summed E-state index contributed by atoms with van der Waals surface area (Å²) in [5.41, 5.74) is 4.51. The minimum Gasteiger partial charge on any atom is -0.384 e. The van der Waals surface area contributed by atoms with Crippen molar-refractivity contribution in [2.24, 2.45) is 11.8 Å². The Labute approximate surface area is 111 Å². The maximum Gasteiger partial charge on any atom is 0.0405 e. The number of aryl methyl sites for hydroxylation is 1. The molecular formula is C17H25N. The first-order valence-corrected chi connectivity index (χ1v) is 7.73. The van der Waals surface area contributed by atoms with E-state index in [0.29, 0.717) is 0 Å². The van der Waals surface area contributed by atoms with Gasteiger partial charge in [-0.2, -0.15) is 0 Å². The SMILES string of the molecule is CCc1cccc2c1NCC(C1CCCCC1)C2. The highest BCUT2D eigenvalue weighted by Gasteiger charge is 2.27. The Morgan fingerprint density at radius 3 is 2.72 bits per heavy atom. The van der Waals surface area contributed by atoms with Crippen LogP contribution in [0.2, 0.25) is 0 Å². The van der Waals surface area contributed by atoms with Crippen LogP contribution in [0.15, 0.2) is 18.2 Å². The summed E-state index contributed by atoms with van der Waals surface area (Å²) in [6.07, 6.45) is 9.77. The minimum atomic E-state index is 0.880. The number of nitrogens with one attached hydrogen (secondary N) is 1. The zero-order chi connectivity index (χ0) is 12.4. The van der Waals surface area contributed by atoms with E-state index in [-0.39, 0.29) is 0 Å². The zero-order valence-corrected chi connectivity index (χ0v) is 11.5. The largest absolute Gasteiger partial charge is 0.384 e. The fourth-order valence-corrected chi connectivity index (χ4v) is 3.87. The van der Waals surface area contributed by atoms with Gasteiger partial charge in [0, 0.05) is 12.2 Å². The van der Waals surface area contributed by atoms with Gasteiger partial charge in [-0.05, 0) is 35.8 Å². The molecule has 2 aliphatic rings. The zero-order valence-electron chi connectivity index (χ0n) is 11.5. The van der Waals surface area contributed by atoms with Crippen molar-refractivity contribution in [3.8, 4) is 0 Å². The molecule has 1 aliphatic heterocycles. The molecule has 1 N–H and O–H groups in total. The average Bonchev–Trinajstić information content (AvgIpc) is 2.47. The molecule has 0 bridgehead atoms. The summed E-state index contributed by atoms with van der Waals surface area (Å²) < 4.78 is 0. The number of hydrogen-bond acceptors (Lipinski definition) is 1. The van der Waals surface area contributed by atoms with Gasteiger partial charge >= 0.3 is 0 Å². The van der Waals surface area contributed by atoms with Gasteiger partial charge in [-0.15, -0.1) is 0 Å². The summed E-state index contributed by atoms with van der Waals surface area (Å²) in [6, 6.07) is 6.84. The Bertz CT molecular complexity index is 404. The van der Waals surface area contributed by atoms with E-state index in [1.54, 1.807) is 5.56 Å². The molecule has 3 rings (SSSR count). The third kappa shape index (κ3) is 2.28. The standard InChI is InChI=1S/C17H25N/c1-2-13-9-6-10-15-11-16(12-18-17(13)15)14-7-4-3-5-8-14/h6,9-10,14,16,18H,2-5,7-8,11-12H2,1H3. The normalized spacial score (nSPS) is 24.4. The van der Waals surface area contributed by atoms with Gasteiger partial charge in [0.15, 0.2) is 0 Å². The van der Waals surface area contributed by atoms with Crippen LogP contribution in [0.4, 0.5) is 5.69 Å². The van der Waals surface area contributed by atoms with E-state index in [2.05, 4.69) is 30.4 Å². The van der Waals surface area contributed by atoms with Crippen LogP contribution in [0.3, 0.4) is 0 Å². The Balaban J connectivity index is 1.76.